The molecule has 5 heteroatoms. The second-order valence-electron chi connectivity index (χ2n) is 6.61. The van der Waals surface area contributed by atoms with Crippen molar-refractivity contribution in [3.05, 3.63) is 58.4 Å². The largest absolute Gasteiger partial charge is 0.507 e. The van der Waals surface area contributed by atoms with E-state index in [9.17, 15) is 5.11 Å². The molecule has 0 aliphatic heterocycles. The maximum Gasteiger partial charge on any atom is 0.128 e. The minimum atomic E-state index is 0.197. The van der Waals surface area contributed by atoms with Crippen LogP contribution in [0.3, 0.4) is 0 Å². The minimum absolute atomic E-state index is 0.197. The number of aryl methyl sites for hydroxylation is 2. The zero-order chi connectivity index (χ0) is 19.8. The number of aromatic hydroxyl groups is 1. The summed E-state index contributed by atoms with van der Waals surface area (Å²) in [6.45, 7) is 5.40. The van der Waals surface area contributed by atoms with E-state index in [2.05, 4.69) is 31.0 Å². The molecule has 0 amide bonds. The van der Waals surface area contributed by atoms with E-state index in [0.29, 0.717) is 13.2 Å². The van der Waals surface area contributed by atoms with Gasteiger partial charge in [0.25, 0.3) is 0 Å². The molecule has 0 bridgehead atoms. The van der Waals surface area contributed by atoms with Gasteiger partial charge in [-0.1, -0.05) is 38.5 Å². The highest BCUT2D eigenvalue weighted by Gasteiger charge is 2.12. The molecule has 1 N–H and O–H groups in total. The summed E-state index contributed by atoms with van der Waals surface area (Å²) in [6, 6.07) is 11.9. The molecule has 4 nitrogen and oxygen atoms in total. The van der Waals surface area contributed by atoms with Crippen LogP contribution in [0, 0.1) is 0 Å². The Hall–Kier alpha value is -2.53. The van der Waals surface area contributed by atoms with Gasteiger partial charge < -0.3 is 14.6 Å². The summed E-state index contributed by atoms with van der Waals surface area (Å²) in [5.41, 5.74) is 5.63. The first-order valence-electron chi connectivity index (χ1n) is 9.80. The topological polar surface area (TPSA) is 51.6 Å². The number of rotatable bonds is 10. The summed E-state index contributed by atoms with van der Waals surface area (Å²) in [4.78, 5) is 4.29. The van der Waals surface area contributed by atoms with Gasteiger partial charge in [-0.05, 0) is 36.1 Å². The second kappa shape index (κ2) is 10.1. The van der Waals surface area contributed by atoms with Gasteiger partial charge in [-0.15, -0.1) is 11.3 Å². The predicted molar refractivity (Wildman–Crippen MR) is 115 cm³/mol. The van der Waals surface area contributed by atoms with Crippen molar-refractivity contribution in [3.63, 3.8) is 0 Å². The molecule has 0 aliphatic rings. The van der Waals surface area contributed by atoms with E-state index in [1.165, 1.54) is 16.9 Å². The van der Waals surface area contributed by atoms with Crippen LogP contribution in [0.2, 0.25) is 0 Å². The molecule has 0 atom stereocenters. The summed E-state index contributed by atoms with van der Waals surface area (Å²) in [5.74, 6) is 1.89. The maximum absolute atomic E-state index is 10.4. The van der Waals surface area contributed by atoms with Crippen molar-refractivity contribution in [2.45, 2.75) is 39.5 Å². The minimum Gasteiger partial charge on any atom is -0.507 e. The van der Waals surface area contributed by atoms with Crippen LogP contribution in [0.5, 0.6) is 17.2 Å². The number of phenolic OH excluding ortho intramolecular Hbond substituents is 1. The average Bonchev–Trinajstić information content (AvgIpc) is 3.24. The average molecular weight is 398 g/mol. The summed E-state index contributed by atoms with van der Waals surface area (Å²) in [7, 11) is 0. The summed E-state index contributed by atoms with van der Waals surface area (Å²) in [6.07, 6.45) is 3.73. The summed E-state index contributed by atoms with van der Waals surface area (Å²) in [5, 5.41) is 12.3. The van der Waals surface area contributed by atoms with Gasteiger partial charge in [0.2, 0.25) is 0 Å². The van der Waals surface area contributed by atoms with Crippen LogP contribution in [-0.2, 0) is 12.8 Å². The van der Waals surface area contributed by atoms with E-state index in [1.54, 1.807) is 11.6 Å². The van der Waals surface area contributed by atoms with Gasteiger partial charge in [-0.2, -0.15) is 0 Å². The zero-order valence-electron chi connectivity index (χ0n) is 16.5. The van der Waals surface area contributed by atoms with E-state index < -0.39 is 0 Å². The van der Waals surface area contributed by atoms with E-state index in [0.717, 1.165) is 54.0 Å². The number of hydrogen-bond acceptors (Lipinski definition) is 5. The molecular weight excluding hydrogens is 370 g/mol. The van der Waals surface area contributed by atoms with Crippen LogP contribution in [-0.4, -0.2) is 23.3 Å². The monoisotopic (exact) mass is 397 g/mol. The van der Waals surface area contributed by atoms with Crippen molar-refractivity contribution in [3.8, 4) is 28.5 Å². The Morgan fingerprint density at radius 3 is 2.50 bits per heavy atom. The SMILES string of the molecule is CCCc1ccccc1OCCCOc1cc(O)c(-c2cscn2)cc1CC. The maximum atomic E-state index is 10.4. The first-order chi connectivity index (χ1) is 13.7. The van der Waals surface area contributed by atoms with Crippen LogP contribution in [0.4, 0.5) is 0 Å². The molecule has 3 aromatic rings. The van der Waals surface area contributed by atoms with Crippen molar-refractivity contribution < 1.29 is 14.6 Å². The number of aromatic nitrogens is 1. The molecule has 0 spiro atoms. The Labute approximate surface area is 170 Å². The zero-order valence-corrected chi connectivity index (χ0v) is 17.3. The fourth-order valence-electron chi connectivity index (χ4n) is 3.12. The molecule has 3 rings (SSSR count). The first kappa shape index (κ1) is 20.2. The summed E-state index contributed by atoms with van der Waals surface area (Å²) < 4.78 is 11.9. The highest BCUT2D eigenvalue weighted by molar-refractivity contribution is 7.07. The molecule has 28 heavy (non-hydrogen) atoms. The first-order valence-corrected chi connectivity index (χ1v) is 10.7. The van der Waals surface area contributed by atoms with Gasteiger partial charge in [0.1, 0.15) is 17.2 Å². The number of ether oxygens (including phenoxy) is 2. The van der Waals surface area contributed by atoms with Gasteiger partial charge in [-0.25, -0.2) is 4.98 Å². The molecule has 0 saturated carbocycles. The van der Waals surface area contributed by atoms with Crippen molar-refractivity contribution in [2.24, 2.45) is 0 Å². The number of benzene rings is 2. The molecule has 2 aromatic carbocycles. The number of phenols is 1. The quantitative estimate of drug-likeness (QED) is 0.434. The third-order valence-electron chi connectivity index (χ3n) is 4.56. The third-order valence-corrected chi connectivity index (χ3v) is 5.15. The smallest absolute Gasteiger partial charge is 0.128 e. The van der Waals surface area contributed by atoms with Crippen molar-refractivity contribution in [2.75, 3.05) is 13.2 Å². The van der Waals surface area contributed by atoms with Crippen LogP contribution in [0.1, 0.15) is 37.8 Å². The molecule has 0 aliphatic carbocycles. The fourth-order valence-corrected chi connectivity index (χ4v) is 3.67. The Bertz CT molecular complexity index is 878. The van der Waals surface area contributed by atoms with E-state index in [4.69, 9.17) is 9.47 Å². The lowest BCUT2D eigenvalue weighted by Gasteiger charge is -2.14. The lowest BCUT2D eigenvalue weighted by molar-refractivity contribution is 0.244. The van der Waals surface area contributed by atoms with Crippen molar-refractivity contribution in [1.29, 1.82) is 0 Å². The fraction of sp³-hybridized carbons (Fsp3) is 0.348. The number of nitrogens with zero attached hydrogens (tertiary/aromatic N) is 1. The highest BCUT2D eigenvalue weighted by Crippen LogP contribution is 2.35. The van der Waals surface area contributed by atoms with Gasteiger partial charge in [-0.3, -0.25) is 0 Å². The standard InChI is InChI=1S/C23H27NO3S/c1-3-8-18-9-5-6-10-22(18)26-11-7-12-27-23-14-21(25)19(13-17(23)4-2)20-15-28-16-24-20/h5-6,9-10,13-16,25H,3-4,7-8,11-12H2,1-2H3. The van der Waals surface area contributed by atoms with Gasteiger partial charge in [0, 0.05) is 23.4 Å². The normalized spacial score (nSPS) is 10.8. The van der Waals surface area contributed by atoms with E-state index >= 15 is 0 Å². The Morgan fingerprint density at radius 2 is 1.79 bits per heavy atom. The van der Waals surface area contributed by atoms with Gasteiger partial charge >= 0.3 is 0 Å². The second-order valence-corrected chi connectivity index (χ2v) is 7.33. The van der Waals surface area contributed by atoms with E-state index in [1.807, 2.05) is 23.6 Å². The molecular formula is C23H27NO3S. The molecule has 0 fully saturated rings. The Morgan fingerprint density at radius 1 is 1.00 bits per heavy atom. The molecule has 0 saturated heterocycles. The van der Waals surface area contributed by atoms with E-state index in [-0.39, 0.29) is 5.75 Å². The molecule has 148 valence electrons. The third kappa shape index (κ3) is 5.04. The predicted octanol–water partition coefficient (Wildman–Crippen LogP) is 5.88. The molecule has 0 unspecified atom stereocenters. The molecule has 1 heterocycles. The van der Waals surface area contributed by atoms with Crippen molar-refractivity contribution >= 4 is 11.3 Å². The summed E-state index contributed by atoms with van der Waals surface area (Å²) >= 11 is 1.51. The lowest BCUT2D eigenvalue weighted by atomic mass is 10.0. The number of para-hydroxylation sites is 1. The highest BCUT2D eigenvalue weighted by atomic mass is 32.1. The van der Waals surface area contributed by atoms with Crippen LogP contribution in [0.15, 0.2) is 47.3 Å². The van der Waals surface area contributed by atoms with Gasteiger partial charge in [0.15, 0.2) is 0 Å². The number of hydrogen-bond donors (Lipinski definition) is 1. The van der Waals surface area contributed by atoms with Gasteiger partial charge in [0.05, 0.1) is 24.4 Å². The lowest BCUT2D eigenvalue weighted by Crippen LogP contribution is -2.07. The van der Waals surface area contributed by atoms with Crippen LogP contribution < -0.4 is 9.47 Å². The molecule has 0 radical (unpaired) electrons. The Kier molecular flexibility index (Phi) is 7.31. The van der Waals surface area contributed by atoms with Crippen LogP contribution >= 0.6 is 11.3 Å². The van der Waals surface area contributed by atoms with Crippen LogP contribution in [0.25, 0.3) is 11.3 Å². The molecule has 1 aromatic heterocycles. The number of thiazole rings is 1. The van der Waals surface area contributed by atoms with Crippen molar-refractivity contribution in [1.82, 2.24) is 4.98 Å². The Balaban J connectivity index is 1.56.